The maximum absolute atomic E-state index is 10.6. The van der Waals surface area contributed by atoms with Gasteiger partial charge in [0.25, 0.3) is 0 Å². The summed E-state index contributed by atoms with van der Waals surface area (Å²) >= 11 is 1.59. The van der Waals surface area contributed by atoms with Crippen molar-refractivity contribution in [3.63, 3.8) is 0 Å². The van der Waals surface area contributed by atoms with Crippen LogP contribution < -0.4 is 10.1 Å². The maximum atomic E-state index is 10.6. The first-order valence-corrected chi connectivity index (χ1v) is 6.13. The predicted octanol–water partition coefficient (Wildman–Crippen LogP) is 3.80. The van der Waals surface area contributed by atoms with Crippen LogP contribution in [0.3, 0.4) is 0 Å². The fourth-order valence-corrected chi connectivity index (χ4v) is 2.82. The van der Waals surface area contributed by atoms with Gasteiger partial charge in [-0.05, 0) is 24.3 Å². The van der Waals surface area contributed by atoms with E-state index in [9.17, 15) is 4.79 Å². The van der Waals surface area contributed by atoms with Crippen LogP contribution in [-0.4, -0.2) is 49.0 Å². The van der Waals surface area contributed by atoms with Gasteiger partial charge < -0.3 is 18.0 Å². The quantitative estimate of drug-likeness (QED) is 0.407. The number of hydrogen-bond donors (Lipinski definition) is 2. The summed E-state index contributed by atoms with van der Waals surface area (Å²) in [6.07, 6.45) is -1.31. The van der Waals surface area contributed by atoms with Crippen molar-refractivity contribution >= 4 is 67.0 Å². The molecule has 0 saturated heterocycles. The van der Waals surface area contributed by atoms with Crippen molar-refractivity contribution in [1.29, 1.82) is 0 Å². The molecule has 3 rings (SSSR count). The Morgan fingerprint density at radius 2 is 1.89 bits per heavy atom. The average Bonchev–Trinajstić information content (AvgIpc) is 2.36. The third kappa shape index (κ3) is 3.00. The Balaban J connectivity index is 0.00000133. The molecule has 4 nitrogen and oxygen atoms in total. The van der Waals surface area contributed by atoms with Gasteiger partial charge in [-0.25, -0.2) is 4.79 Å². The summed E-state index contributed by atoms with van der Waals surface area (Å²) in [5, 5.41) is 11.9. The third-order valence-corrected chi connectivity index (χ3v) is 3.69. The van der Waals surface area contributed by atoms with Gasteiger partial charge in [-0.1, -0.05) is 30.0 Å². The van der Waals surface area contributed by atoms with Crippen molar-refractivity contribution < 1.29 is 17.5 Å². The summed E-state index contributed by atoms with van der Waals surface area (Å²) in [5.74, 6) is 0.321. The van der Waals surface area contributed by atoms with Gasteiger partial charge in [0, 0.05) is 9.79 Å². The van der Waals surface area contributed by atoms with Gasteiger partial charge in [0.1, 0.15) is 0 Å². The van der Waals surface area contributed by atoms with E-state index < -0.39 is 6.16 Å². The number of hydrogen-bond acceptors (Lipinski definition) is 4. The molecule has 6 heteroatoms. The minimum atomic E-state index is -1.31. The zero-order chi connectivity index (χ0) is 12.5. The van der Waals surface area contributed by atoms with Crippen LogP contribution in [0.4, 0.5) is 16.2 Å². The summed E-state index contributed by atoms with van der Waals surface area (Å²) in [6, 6.07) is 13.2. The maximum Gasteiger partial charge on any atom is 2.00 e. The second kappa shape index (κ2) is 6.05. The van der Waals surface area contributed by atoms with Crippen LogP contribution in [0.5, 0.6) is 5.75 Å². The molecule has 0 saturated carbocycles. The largest absolute Gasteiger partial charge is 2.00 e. The van der Waals surface area contributed by atoms with E-state index in [-0.39, 0.29) is 40.6 Å². The van der Waals surface area contributed by atoms with Gasteiger partial charge >= 0.3 is 43.9 Å². The standard InChI is InChI=1S/C13H9NO3S.Ca.2H/c15-13(16)17-9-5-3-7-11-12(9)14-8-4-1-2-6-10(8)18-11;;;/h1-7,14H,(H,15,16);;;/q;+2;2*-1. The molecular formula is C13H11CaNO3S. The van der Waals surface area contributed by atoms with E-state index >= 15 is 0 Å². The Morgan fingerprint density at radius 3 is 2.68 bits per heavy atom. The molecule has 0 aliphatic carbocycles. The number of anilines is 2. The molecule has 94 valence electrons. The van der Waals surface area contributed by atoms with Gasteiger partial charge in [0.2, 0.25) is 0 Å². The minimum absolute atomic E-state index is 0. The molecular weight excluding hydrogens is 290 g/mol. The molecule has 0 spiro atoms. The van der Waals surface area contributed by atoms with Crippen LogP contribution in [0.2, 0.25) is 0 Å². The second-order valence-corrected chi connectivity index (χ2v) is 4.80. The molecule has 0 radical (unpaired) electrons. The van der Waals surface area contributed by atoms with Crippen LogP contribution in [-0.2, 0) is 0 Å². The van der Waals surface area contributed by atoms with Gasteiger partial charge in [-0.2, -0.15) is 0 Å². The molecule has 19 heavy (non-hydrogen) atoms. The van der Waals surface area contributed by atoms with E-state index in [1.165, 1.54) is 0 Å². The number of fused-ring (bicyclic) bond motifs is 2. The first kappa shape index (κ1) is 14.5. The molecule has 0 atom stereocenters. The van der Waals surface area contributed by atoms with Crippen LogP contribution in [0.25, 0.3) is 0 Å². The number of para-hydroxylation sites is 2. The molecule has 1 aliphatic rings. The average molecular weight is 301 g/mol. The van der Waals surface area contributed by atoms with E-state index in [4.69, 9.17) is 9.84 Å². The SMILES string of the molecule is O=C(O)Oc1cccc2c1Nc1ccccc1S2.[Ca+2].[H-].[H-]. The van der Waals surface area contributed by atoms with Crippen molar-refractivity contribution in [3.8, 4) is 5.75 Å². The van der Waals surface area contributed by atoms with Crippen molar-refractivity contribution in [2.75, 3.05) is 5.32 Å². The van der Waals surface area contributed by atoms with Gasteiger partial charge in [0.05, 0.1) is 11.4 Å². The molecule has 0 bridgehead atoms. The van der Waals surface area contributed by atoms with Crippen molar-refractivity contribution in [3.05, 3.63) is 42.5 Å². The Bertz CT molecular complexity index is 643. The Kier molecular flexibility index (Phi) is 4.62. The summed E-state index contributed by atoms with van der Waals surface area (Å²) < 4.78 is 4.77. The van der Waals surface area contributed by atoms with E-state index in [2.05, 4.69) is 5.32 Å². The van der Waals surface area contributed by atoms with Crippen LogP contribution in [0.1, 0.15) is 2.85 Å². The fraction of sp³-hybridized carbons (Fsp3) is 0. The van der Waals surface area contributed by atoms with E-state index in [1.807, 2.05) is 30.3 Å². The normalized spacial score (nSPS) is 11.4. The smallest absolute Gasteiger partial charge is 1.00 e. The number of benzene rings is 2. The van der Waals surface area contributed by atoms with Crippen LogP contribution >= 0.6 is 11.8 Å². The Hall–Kier alpha value is -0.880. The van der Waals surface area contributed by atoms with Crippen LogP contribution in [0, 0.1) is 0 Å². The molecule has 2 aromatic carbocycles. The Morgan fingerprint density at radius 1 is 1.16 bits per heavy atom. The van der Waals surface area contributed by atoms with Crippen LogP contribution in [0.15, 0.2) is 52.3 Å². The molecule has 0 unspecified atom stereocenters. The van der Waals surface area contributed by atoms with Gasteiger partial charge in [-0.3, -0.25) is 0 Å². The summed E-state index contributed by atoms with van der Waals surface area (Å²) in [5.41, 5.74) is 1.65. The summed E-state index contributed by atoms with van der Waals surface area (Å²) in [7, 11) is 0. The van der Waals surface area contributed by atoms with E-state index in [1.54, 1.807) is 23.9 Å². The number of ether oxygens (including phenoxy) is 1. The summed E-state index contributed by atoms with van der Waals surface area (Å²) in [6.45, 7) is 0. The molecule has 0 fully saturated rings. The minimum Gasteiger partial charge on any atom is -1.00 e. The van der Waals surface area contributed by atoms with E-state index in [0.29, 0.717) is 11.4 Å². The predicted molar refractivity (Wildman–Crippen MR) is 76.9 cm³/mol. The molecule has 0 aromatic heterocycles. The van der Waals surface area contributed by atoms with Crippen molar-refractivity contribution in [2.24, 2.45) is 0 Å². The fourth-order valence-electron chi connectivity index (χ4n) is 1.81. The number of carbonyl (C=O) groups is 1. The number of rotatable bonds is 1. The number of nitrogens with one attached hydrogen (secondary N) is 1. The molecule has 1 aliphatic heterocycles. The number of carboxylic acid groups (broad SMARTS) is 1. The molecule has 2 N–H and O–H groups in total. The van der Waals surface area contributed by atoms with Crippen molar-refractivity contribution in [2.45, 2.75) is 9.79 Å². The van der Waals surface area contributed by atoms with E-state index in [0.717, 1.165) is 15.5 Å². The first-order chi connectivity index (χ1) is 8.74. The Labute approximate surface area is 147 Å². The summed E-state index contributed by atoms with van der Waals surface area (Å²) in [4.78, 5) is 12.7. The monoisotopic (exact) mass is 301 g/mol. The zero-order valence-electron chi connectivity index (χ0n) is 11.9. The van der Waals surface area contributed by atoms with Gasteiger partial charge in [-0.15, -0.1) is 0 Å². The molecule has 0 amide bonds. The first-order valence-electron chi connectivity index (χ1n) is 5.32. The molecule has 1 heterocycles. The molecule has 2 aromatic rings. The third-order valence-electron chi connectivity index (χ3n) is 2.55. The second-order valence-electron chi connectivity index (χ2n) is 3.72. The van der Waals surface area contributed by atoms with Crippen molar-refractivity contribution in [1.82, 2.24) is 0 Å². The topological polar surface area (TPSA) is 58.6 Å². The zero-order valence-corrected chi connectivity index (χ0v) is 12.9. The van der Waals surface area contributed by atoms with Gasteiger partial charge in [0.15, 0.2) is 5.75 Å².